The van der Waals surface area contributed by atoms with Crippen LogP contribution in [0.5, 0.6) is 69.0 Å². The van der Waals surface area contributed by atoms with Crippen LogP contribution in [0.15, 0.2) is 243 Å². The zero-order valence-corrected chi connectivity index (χ0v) is 59.4. The maximum atomic E-state index is 13.9. The largest absolute Gasteiger partial charge is 0.490 e. The van der Waals surface area contributed by atoms with E-state index in [0.717, 1.165) is 0 Å². The highest BCUT2D eigenvalue weighted by molar-refractivity contribution is 5.99. The Morgan fingerprint density at radius 3 is 0.789 bits per heavy atom. The van der Waals surface area contributed by atoms with Crippen molar-refractivity contribution in [3.63, 3.8) is 0 Å². The average Bonchev–Trinajstić information content (AvgIpc) is 1.53. The van der Waals surface area contributed by atoms with Crippen molar-refractivity contribution >= 4 is 35.6 Å². The van der Waals surface area contributed by atoms with Crippen LogP contribution in [0.2, 0.25) is 0 Å². The topological polar surface area (TPSA) is 280 Å². The molecule has 0 aromatic heterocycles. The molecule has 10 aromatic carbocycles. The molecule has 0 atom stereocenters. The Balaban J connectivity index is 0.659. The second-order valence-corrected chi connectivity index (χ2v) is 24.6. The van der Waals surface area contributed by atoms with Gasteiger partial charge in [-0.05, 0) is 97.1 Å². The summed E-state index contributed by atoms with van der Waals surface area (Å²) >= 11 is 0. The van der Waals surface area contributed by atoms with E-state index in [2.05, 4.69) is 21.3 Å². The highest BCUT2D eigenvalue weighted by Gasteiger charge is 2.25. The fourth-order valence-corrected chi connectivity index (χ4v) is 11.4. The lowest BCUT2D eigenvalue weighted by Crippen LogP contribution is -2.35. The van der Waals surface area contributed by atoms with Gasteiger partial charge in [0.15, 0.2) is 48.4 Å². The molecule has 24 nitrogen and oxygen atoms in total. The van der Waals surface area contributed by atoms with Gasteiger partial charge in [0.25, 0.3) is 23.6 Å². The van der Waals surface area contributed by atoms with Gasteiger partial charge in [-0.25, -0.2) is 9.59 Å². The summed E-state index contributed by atoms with van der Waals surface area (Å²) in [6.45, 7) is -0.696. The Bertz CT molecular complexity index is 4220. The van der Waals surface area contributed by atoms with Gasteiger partial charge in [0, 0.05) is 54.9 Å². The third kappa shape index (κ3) is 21.9. The summed E-state index contributed by atoms with van der Waals surface area (Å²) in [4.78, 5) is 81.6. The molecule has 4 N–H and O–H groups in total. The van der Waals surface area contributed by atoms with Gasteiger partial charge in [0.05, 0.1) is 35.5 Å². The van der Waals surface area contributed by atoms with Crippen LogP contribution in [0.4, 0.5) is 0 Å². The maximum Gasteiger partial charge on any atom is 0.344 e. The van der Waals surface area contributed by atoms with Crippen LogP contribution in [-0.4, -0.2) is 127 Å². The first-order chi connectivity index (χ1) is 53.5. The predicted octanol–water partition coefficient (Wildman–Crippen LogP) is 11.7. The third-order valence-electron chi connectivity index (χ3n) is 16.8. The molecule has 2 aliphatic heterocycles. The maximum absolute atomic E-state index is 13.9. The van der Waals surface area contributed by atoms with Gasteiger partial charge >= 0.3 is 11.9 Å². The van der Waals surface area contributed by atoms with Crippen LogP contribution in [0.1, 0.15) is 70.1 Å². The summed E-state index contributed by atoms with van der Waals surface area (Å²) in [6.07, 6.45) is -1.61. The fraction of sp³-hybridized carbons (Fsp3) is 0.224. The number of esters is 2. The first-order valence-electron chi connectivity index (χ1n) is 35.5. The van der Waals surface area contributed by atoms with Crippen molar-refractivity contribution < 1.29 is 95.1 Å². The van der Waals surface area contributed by atoms with Gasteiger partial charge in [-0.1, -0.05) is 146 Å². The van der Waals surface area contributed by atoms with Crippen molar-refractivity contribution in [3.05, 3.63) is 287 Å². The lowest BCUT2D eigenvalue weighted by atomic mass is 10.1. The third-order valence-corrected chi connectivity index (χ3v) is 16.8. The van der Waals surface area contributed by atoms with Gasteiger partial charge in [-0.15, -0.1) is 0 Å². The lowest BCUT2D eigenvalue weighted by molar-refractivity contribution is -0.155. The van der Waals surface area contributed by atoms with Crippen LogP contribution in [0, 0.1) is 0 Å². The monoisotopic (exact) mass is 1480 g/mol. The van der Waals surface area contributed by atoms with Crippen molar-refractivity contribution in [2.24, 2.45) is 0 Å². The fourth-order valence-electron chi connectivity index (χ4n) is 11.4. The molecule has 0 saturated carbocycles. The molecule has 2 aliphatic rings. The predicted molar refractivity (Wildman–Crippen MR) is 399 cm³/mol. The Hall–Kier alpha value is -13.4. The molecular weight excluding hydrogens is 1400 g/mol. The van der Waals surface area contributed by atoms with E-state index in [1.165, 1.54) is 0 Å². The molecule has 2 heterocycles. The van der Waals surface area contributed by atoms with Crippen molar-refractivity contribution in [3.8, 4) is 69.0 Å². The second kappa shape index (κ2) is 39.1. The van der Waals surface area contributed by atoms with Crippen molar-refractivity contribution in [1.29, 1.82) is 0 Å². The molecule has 0 bridgehead atoms. The van der Waals surface area contributed by atoms with Crippen LogP contribution in [0.25, 0.3) is 0 Å². The molecule has 560 valence electrons. The van der Waals surface area contributed by atoms with Gasteiger partial charge in [0.1, 0.15) is 98.9 Å². The average molecular weight is 1480 g/mol. The number of carbonyl (C=O) groups excluding carboxylic acids is 6. The van der Waals surface area contributed by atoms with E-state index in [1.54, 1.807) is 194 Å². The van der Waals surface area contributed by atoms with E-state index in [-0.39, 0.29) is 104 Å². The number of carbonyl (C=O) groups is 6. The van der Waals surface area contributed by atoms with Crippen molar-refractivity contribution in [2.45, 2.75) is 45.1 Å². The Labute approximate surface area is 629 Å². The molecule has 0 saturated heterocycles. The van der Waals surface area contributed by atoms with Crippen LogP contribution >= 0.6 is 0 Å². The first-order valence-corrected chi connectivity index (χ1v) is 35.5. The number of hydrogen-bond donors (Lipinski definition) is 4. The number of para-hydroxylation sites is 12. The van der Waals surface area contributed by atoms with Crippen LogP contribution in [-0.2, 0) is 45.5 Å². The summed E-state index contributed by atoms with van der Waals surface area (Å²) in [5, 5.41) is 11.4. The van der Waals surface area contributed by atoms with E-state index in [1.807, 2.05) is 48.5 Å². The molecule has 0 aliphatic carbocycles. The highest BCUT2D eigenvalue weighted by atomic mass is 16.6. The molecule has 0 unspecified atom stereocenters. The van der Waals surface area contributed by atoms with E-state index >= 15 is 0 Å². The minimum Gasteiger partial charge on any atom is -0.490 e. The number of fused-ring (bicyclic) bond motifs is 8. The quantitative estimate of drug-likeness (QED) is 0.0581. The lowest BCUT2D eigenvalue weighted by Gasteiger charge is -2.21. The second-order valence-electron chi connectivity index (χ2n) is 24.6. The molecule has 0 radical (unpaired) electrons. The van der Waals surface area contributed by atoms with Gasteiger partial charge in [0.2, 0.25) is 0 Å². The normalized spacial score (nSPS) is 14.4. The minimum atomic E-state index is -0.997. The number of hydrogen-bond acceptors (Lipinski definition) is 20. The highest BCUT2D eigenvalue weighted by Crippen LogP contribution is 2.32. The van der Waals surface area contributed by atoms with E-state index in [0.29, 0.717) is 108 Å². The Morgan fingerprint density at radius 1 is 0.284 bits per heavy atom. The summed E-state index contributed by atoms with van der Waals surface area (Å²) in [5.74, 6) is 1.27. The number of ether oxygens (including phenoxy) is 14. The molecule has 0 spiro atoms. The summed E-state index contributed by atoms with van der Waals surface area (Å²) in [6, 6.07) is 69.9. The van der Waals surface area contributed by atoms with Gasteiger partial charge < -0.3 is 87.6 Å². The molecule has 12 rings (SSSR count). The molecule has 109 heavy (non-hydrogen) atoms. The van der Waals surface area contributed by atoms with Crippen LogP contribution < -0.4 is 78.1 Å². The molecule has 0 fully saturated rings. The van der Waals surface area contributed by atoms with Crippen LogP contribution in [0.3, 0.4) is 0 Å². The molecule has 4 amide bonds. The van der Waals surface area contributed by atoms with Crippen molar-refractivity contribution in [1.82, 2.24) is 21.3 Å². The molecule has 10 aromatic rings. The zero-order chi connectivity index (χ0) is 75.2. The van der Waals surface area contributed by atoms with Gasteiger partial charge in [-0.2, -0.15) is 0 Å². The Kier molecular flexibility index (Phi) is 27.0. The van der Waals surface area contributed by atoms with Gasteiger partial charge in [-0.3, -0.25) is 19.2 Å². The molecular formula is C85H80N4O20. The summed E-state index contributed by atoms with van der Waals surface area (Å²) < 4.78 is 86.9. The van der Waals surface area contributed by atoms with E-state index < -0.39 is 61.0 Å². The van der Waals surface area contributed by atoms with E-state index in [9.17, 15) is 28.8 Å². The number of amides is 4. The summed E-state index contributed by atoms with van der Waals surface area (Å²) in [7, 11) is 0. The minimum absolute atomic E-state index is 0.0189. The standard InChI is InChI=1S/C85H80N4O20/c90-80(108-62-52-102-68-30-9-1-22-58(68)48-98-72-34-13-5-26-64(72)82(92)86-42-43-87-83(93)65-27-6-14-35-73(65)99-49-59-23-2-10-31-69(59)103-53-62)56-106-78-40-19-17-38-76(78)96-46-21-47-97-77-39-18-20-41-79(77)107-57-81(91)109-63-54-104-70-32-11-3-24-60(70)50-100-74-36-15-7-28-66(74)84(94)88-44-45-89-85(95)67-29-8-16-37-75(67)101-51-61-25-4-12-33-71(61)105-55-63/h1-20,22-41,62-63H,21,42-57H2,(H,86,92)(H,87,93)(H,88,94)(H,89,95). The van der Waals surface area contributed by atoms with Crippen molar-refractivity contribution in [2.75, 3.05) is 79.0 Å². The number of nitrogens with one attached hydrogen (secondary N) is 4. The number of rotatable bonds is 14. The molecule has 24 heteroatoms. The Morgan fingerprint density at radius 2 is 0.514 bits per heavy atom. The first kappa shape index (κ1) is 75.3. The number of benzene rings is 10. The zero-order valence-electron chi connectivity index (χ0n) is 59.4. The SMILES string of the molecule is O=C(COc1ccccc1OCCCOc1ccccc1OCC(=O)OC1COc2ccccc2COc2ccccc2C(=O)NCCNC(=O)c2ccccc2OCc2ccccc2OC1)OC1COc2ccccc2COc2ccccc2C(=O)NCCNC(=O)c2ccccc2OCc2ccccc2OC1. The summed E-state index contributed by atoms with van der Waals surface area (Å²) in [5.41, 5.74) is 3.75. The van der Waals surface area contributed by atoms with E-state index in [4.69, 9.17) is 66.3 Å². The smallest absolute Gasteiger partial charge is 0.344 e.